The highest BCUT2D eigenvalue weighted by molar-refractivity contribution is 5.90. The molecule has 1 rings (SSSR count). The molecule has 0 aliphatic carbocycles. The van der Waals surface area contributed by atoms with Crippen LogP contribution in [0.4, 0.5) is 8.78 Å². The van der Waals surface area contributed by atoms with Crippen LogP contribution < -0.4 is 0 Å². The Hall–Kier alpha value is -1.72. The van der Waals surface area contributed by atoms with E-state index in [1.165, 1.54) is 17.0 Å². The molecule has 0 aromatic carbocycles. The predicted octanol–water partition coefficient (Wildman–Crippen LogP) is 2.18. The first-order chi connectivity index (χ1) is 7.60. The van der Waals surface area contributed by atoms with Crippen LogP contribution in [0.2, 0.25) is 0 Å². The summed E-state index contributed by atoms with van der Waals surface area (Å²) < 4.78 is 31.0. The second kappa shape index (κ2) is 5.39. The van der Waals surface area contributed by atoms with Crippen molar-refractivity contribution in [2.45, 2.75) is 19.9 Å². The lowest BCUT2D eigenvalue weighted by molar-refractivity contribution is 0.0515. The lowest BCUT2D eigenvalue weighted by atomic mass is 10.2. The van der Waals surface area contributed by atoms with E-state index in [9.17, 15) is 13.6 Å². The standard InChI is InChI=1S/C10H12F2N2O2/c1-3-5-14-6-7(10(15)16-4-2)8(13-14)9(11)12/h3,6,9H,1,4-5H2,2H3. The van der Waals surface area contributed by atoms with E-state index < -0.39 is 18.1 Å². The van der Waals surface area contributed by atoms with Crippen molar-refractivity contribution >= 4 is 5.97 Å². The number of hydrogen-bond donors (Lipinski definition) is 0. The van der Waals surface area contributed by atoms with Gasteiger partial charge in [0.05, 0.1) is 13.2 Å². The fraction of sp³-hybridized carbons (Fsp3) is 0.400. The van der Waals surface area contributed by atoms with Crippen LogP contribution in [-0.2, 0) is 11.3 Å². The zero-order chi connectivity index (χ0) is 12.1. The van der Waals surface area contributed by atoms with Gasteiger partial charge in [-0.2, -0.15) is 5.10 Å². The molecule has 0 saturated carbocycles. The number of hydrogen-bond acceptors (Lipinski definition) is 3. The number of ether oxygens (including phenoxy) is 1. The first-order valence-electron chi connectivity index (χ1n) is 4.73. The van der Waals surface area contributed by atoms with Gasteiger partial charge in [0.15, 0.2) is 0 Å². The monoisotopic (exact) mass is 230 g/mol. The van der Waals surface area contributed by atoms with Gasteiger partial charge in [-0.3, -0.25) is 4.68 Å². The van der Waals surface area contributed by atoms with Gasteiger partial charge in [-0.1, -0.05) is 6.08 Å². The number of alkyl halides is 2. The largest absolute Gasteiger partial charge is 0.462 e. The van der Waals surface area contributed by atoms with Crippen LogP contribution in [0, 0.1) is 0 Å². The third-order valence-corrected chi connectivity index (χ3v) is 1.81. The summed E-state index contributed by atoms with van der Waals surface area (Å²) in [7, 11) is 0. The van der Waals surface area contributed by atoms with E-state index in [-0.39, 0.29) is 18.7 Å². The quantitative estimate of drug-likeness (QED) is 0.575. The molecule has 1 aromatic rings. The maximum Gasteiger partial charge on any atom is 0.341 e. The van der Waals surface area contributed by atoms with Crippen molar-refractivity contribution < 1.29 is 18.3 Å². The summed E-state index contributed by atoms with van der Waals surface area (Å²) in [6, 6.07) is 0. The van der Waals surface area contributed by atoms with E-state index in [0.29, 0.717) is 0 Å². The lowest BCUT2D eigenvalue weighted by Gasteiger charge is -2.00. The molecular formula is C10H12F2N2O2. The fourth-order valence-corrected chi connectivity index (χ4v) is 1.19. The van der Waals surface area contributed by atoms with Crippen molar-refractivity contribution in [3.63, 3.8) is 0 Å². The van der Waals surface area contributed by atoms with Crippen molar-refractivity contribution in [3.8, 4) is 0 Å². The van der Waals surface area contributed by atoms with Gasteiger partial charge in [-0.25, -0.2) is 13.6 Å². The molecule has 0 saturated heterocycles. The van der Waals surface area contributed by atoms with Gasteiger partial charge in [0.25, 0.3) is 6.43 Å². The molecule has 6 heteroatoms. The molecule has 0 fully saturated rings. The van der Waals surface area contributed by atoms with Gasteiger partial charge >= 0.3 is 5.97 Å². The molecule has 4 nitrogen and oxygen atoms in total. The molecule has 0 unspecified atom stereocenters. The Kier molecular flexibility index (Phi) is 4.16. The number of carbonyl (C=O) groups is 1. The first kappa shape index (κ1) is 12.4. The summed E-state index contributed by atoms with van der Waals surface area (Å²) in [5, 5.41) is 3.60. The molecule has 88 valence electrons. The topological polar surface area (TPSA) is 44.1 Å². The van der Waals surface area contributed by atoms with Crippen LogP contribution in [0.25, 0.3) is 0 Å². The number of carbonyl (C=O) groups excluding carboxylic acids is 1. The van der Waals surface area contributed by atoms with Gasteiger partial charge in [-0.05, 0) is 6.92 Å². The van der Waals surface area contributed by atoms with E-state index in [1.54, 1.807) is 6.92 Å². The maximum absolute atomic E-state index is 12.6. The minimum atomic E-state index is -2.80. The first-order valence-corrected chi connectivity index (χ1v) is 4.73. The van der Waals surface area contributed by atoms with Crippen molar-refractivity contribution in [3.05, 3.63) is 30.1 Å². The number of halogens is 2. The van der Waals surface area contributed by atoms with Crippen molar-refractivity contribution in [1.29, 1.82) is 0 Å². The van der Waals surface area contributed by atoms with Crippen LogP contribution in [0.3, 0.4) is 0 Å². The second-order valence-corrected chi connectivity index (χ2v) is 2.96. The van der Waals surface area contributed by atoms with Crippen LogP contribution >= 0.6 is 0 Å². The number of nitrogens with zero attached hydrogens (tertiary/aromatic N) is 2. The van der Waals surface area contributed by atoms with Crippen LogP contribution in [0.5, 0.6) is 0 Å². The predicted molar refractivity (Wildman–Crippen MR) is 53.3 cm³/mol. The molecule has 0 N–H and O–H groups in total. The summed E-state index contributed by atoms with van der Waals surface area (Å²) >= 11 is 0. The molecule has 0 radical (unpaired) electrons. The Balaban J connectivity index is 3.04. The third-order valence-electron chi connectivity index (χ3n) is 1.81. The highest BCUT2D eigenvalue weighted by atomic mass is 19.3. The van der Waals surface area contributed by atoms with E-state index in [4.69, 9.17) is 0 Å². The number of esters is 1. The zero-order valence-electron chi connectivity index (χ0n) is 8.82. The van der Waals surface area contributed by atoms with E-state index in [1.807, 2.05) is 0 Å². The Morgan fingerprint density at radius 2 is 2.44 bits per heavy atom. The summed E-state index contributed by atoms with van der Waals surface area (Å²) in [6.07, 6.45) is -0.0660. The Morgan fingerprint density at radius 3 is 2.94 bits per heavy atom. The van der Waals surface area contributed by atoms with Crippen LogP contribution in [-0.4, -0.2) is 22.4 Å². The molecule has 0 amide bonds. The maximum atomic E-state index is 12.6. The van der Waals surface area contributed by atoms with Crippen LogP contribution in [0.1, 0.15) is 29.4 Å². The highest BCUT2D eigenvalue weighted by Gasteiger charge is 2.23. The molecule has 1 aromatic heterocycles. The van der Waals surface area contributed by atoms with Gasteiger partial charge in [0, 0.05) is 6.20 Å². The van der Waals surface area contributed by atoms with Gasteiger partial charge in [-0.15, -0.1) is 6.58 Å². The molecular weight excluding hydrogens is 218 g/mol. The molecule has 1 heterocycles. The van der Waals surface area contributed by atoms with Gasteiger partial charge < -0.3 is 4.74 Å². The smallest absolute Gasteiger partial charge is 0.341 e. The Bertz CT molecular complexity index is 388. The van der Waals surface area contributed by atoms with Crippen molar-refractivity contribution in [2.24, 2.45) is 0 Å². The molecule has 0 bridgehead atoms. The van der Waals surface area contributed by atoms with E-state index in [0.717, 1.165) is 0 Å². The number of rotatable bonds is 5. The zero-order valence-corrected chi connectivity index (χ0v) is 8.82. The fourth-order valence-electron chi connectivity index (χ4n) is 1.19. The average Bonchev–Trinajstić information content (AvgIpc) is 2.63. The van der Waals surface area contributed by atoms with E-state index >= 15 is 0 Å². The Labute approximate surface area is 91.5 Å². The highest BCUT2D eigenvalue weighted by Crippen LogP contribution is 2.21. The summed E-state index contributed by atoms with van der Waals surface area (Å²) in [6.45, 7) is 5.46. The summed E-state index contributed by atoms with van der Waals surface area (Å²) in [4.78, 5) is 11.4. The molecule has 0 atom stereocenters. The molecule has 16 heavy (non-hydrogen) atoms. The molecule has 0 aliphatic rings. The average molecular weight is 230 g/mol. The minimum absolute atomic E-state index is 0.133. The van der Waals surface area contributed by atoms with Gasteiger partial charge in [0.2, 0.25) is 0 Å². The van der Waals surface area contributed by atoms with Crippen molar-refractivity contribution in [1.82, 2.24) is 9.78 Å². The Morgan fingerprint density at radius 1 is 1.75 bits per heavy atom. The third kappa shape index (κ3) is 2.65. The molecule has 0 spiro atoms. The second-order valence-electron chi connectivity index (χ2n) is 2.96. The summed E-state index contributed by atoms with van der Waals surface area (Å²) in [5.41, 5.74) is -0.751. The minimum Gasteiger partial charge on any atom is -0.462 e. The normalized spacial score (nSPS) is 10.5. The SMILES string of the molecule is C=CCn1cc(C(=O)OCC)c(C(F)F)n1. The number of aromatic nitrogens is 2. The summed E-state index contributed by atoms with van der Waals surface area (Å²) in [5.74, 6) is -0.784. The number of allylic oxidation sites excluding steroid dienone is 1. The van der Waals surface area contributed by atoms with E-state index in [2.05, 4.69) is 16.4 Å². The van der Waals surface area contributed by atoms with Crippen molar-refractivity contribution in [2.75, 3.05) is 6.61 Å². The van der Waals surface area contributed by atoms with Crippen LogP contribution in [0.15, 0.2) is 18.9 Å². The van der Waals surface area contributed by atoms with Gasteiger partial charge in [0.1, 0.15) is 11.3 Å². The molecule has 0 aliphatic heterocycles. The lowest BCUT2D eigenvalue weighted by Crippen LogP contribution is -2.06.